The van der Waals surface area contributed by atoms with Gasteiger partial charge in [-0.3, -0.25) is 0 Å². The fourth-order valence-electron chi connectivity index (χ4n) is 2.01. The van der Waals surface area contributed by atoms with Crippen LogP contribution in [-0.2, 0) is 13.1 Å². The van der Waals surface area contributed by atoms with Crippen molar-refractivity contribution in [2.45, 2.75) is 19.5 Å². The third-order valence-corrected chi connectivity index (χ3v) is 3.19. The Morgan fingerprint density at radius 3 is 1.38 bits per heavy atom. The van der Waals surface area contributed by atoms with Crippen LogP contribution in [0.15, 0.2) is 48.5 Å². The van der Waals surface area contributed by atoms with Gasteiger partial charge in [0.25, 0.3) is 0 Å². The predicted octanol–water partition coefficient (Wildman–Crippen LogP) is 3.23. The summed E-state index contributed by atoms with van der Waals surface area (Å²) in [6.45, 7) is 3.29. The average Bonchev–Trinajstić information content (AvgIpc) is 2.50. The number of halogens is 2. The van der Waals surface area contributed by atoms with Crippen molar-refractivity contribution < 1.29 is 8.78 Å². The minimum atomic E-state index is -0.205. The Balaban J connectivity index is 1.52. The molecule has 0 amide bonds. The summed E-state index contributed by atoms with van der Waals surface area (Å²) < 4.78 is 25.5. The van der Waals surface area contributed by atoms with Gasteiger partial charge in [0.1, 0.15) is 11.6 Å². The van der Waals surface area contributed by atoms with Gasteiger partial charge in [-0.25, -0.2) is 8.78 Å². The number of hydrogen-bond donors (Lipinski definition) is 2. The first kappa shape index (κ1) is 15.6. The molecule has 2 aromatic rings. The van der Waals surface area contributed by atoms with Crippen molar-refractivity contribution in [1.29, 1.82) is 0 Å². The van der Waals surface area contributed by atoms with Crippen LogP contribution in [0.4, 0.5) is 8.78 Å². The number of hydrogen-bond acceptors (Lipinski definition) is 2. The normalized spacial score (nSPS) is 10.8. The van der Waals surface area contributed by atoms with E-state index in [0.29, 0.717) is 0 Å². The van der Waals surface area contributed by atoms with Crippen LogP contribution >= 0.6 is 0 Å². The van der Waals surface area contributed by atoms with Gasteiger partial charge in [0.15, 0.2) is 0 Å². The van der Waals surface area contributed by atoms with E-state index in [2.05, 4.69) is 10.6 Å². The topological polar surface area (TPSA) is 24.1 Å². The molecule has 0 bridgehead atoms. The number of benzene rings is 2. The van der Waals surface area contributed by atoms with Gasteiger partial charge in [-0.15, -0.1) is 0 Å². The third kappa shape index (κ3) is 6.02. The van der Waals surface area contributed by atoms with E-state index in [1.54, 1.807) is 24.3 Å². The molecule has 2 N–H and O–H groups in total. The molecule has 0 aliphatic rings. The molecule has 0 aromatic heterocycles. The quantitative estimate of drug-likeness (QED) is 0.729. The molecule has 0 atom stereocenters. The Morgan fingerprint density at radius 2 is 1.00 bits per heavy atom. The van der Waals surface area contributed by atoms with Crippen molar-refractivity contribution in [3.05, 3.63) is 71.3 Å². The van der Waals surface area contributed by atoms with Crippen LogP contribution in [0.2, 0.25) is 0 Å². The highest BCUT2D eigenvalue weighted by Crippen LogP contribution is 2.03. The monoisotopic (exact) mass is 290 g/mol. The highest BCUT2D eigenvalue weighted by molar-refractivity contribution is 5.16. The smallest absolute Gasteiger partial charge is 0.123 e. The van der Waals surface area contributed by atoms with E-state index in [1.165, 1.54) is 24.3 Å². The molecule has 0 fully saturated rings. The molecule has 21 heavy (non-hydrogen) atoms. The van der Waals surface area contributed by atoms with E-state index in [9.17, 15) is 8.78 Å². The maximum absolute atomic E-state index is 12.7. The zero-order chi connectivity index (χ0) is 14.9. The van der Waals surface area contributed by atoms with Crippen LogP contribution in [0.25, 0.3) is 0 Å². The minimum Gasteiger partial charge on any atom is -0.313 e. The van der Waals surface area contributed by atoms with E-state index in [-0.39, 0.29) is 11.6 Å². The van der Waals surface area contributed by atoms with Gasteiger partial charge in [0.05, 0.1) is 0 Å². The maximum Gasteiger partial charge on any atom is 0.123 e. The summed E-state index contributed by atoms with van der Waals surface area (Å²) in [6.07, 6.45) is 1.00. The van der Waals surface area contributed by atoms with E-state index in [0.717, 1.165) is 43.7 Å². The van der Waals surface area contributed by atoms with Gasteiger partial charge in [0.2, 0.25) is 0 Å². The number of nitrogens with one attached hydrogen (secondary N) is 2. The molecule has 4 heteroatoms. The lowest BCUT2D eigenvalue weighted by Crippen LogP contribution is -2.21. The Hall–Kier alpha value is -1.78. The van der Waals surface area contributed by atoms with Crippen molar-refractivity contribution in [3.8, 4) is 0 Å². The Bertz CT molecular complexity index is 474. The molecule has 2 nitrogen and oxygen atoms in total. The van der Waals surface area contributed by atoms with Crippen LogP contribution in [-0.4, -0.2) is 13.1 Å². The molecule has 0 aliphatic heterocycles. The SMILES string of the molecule is Fc1ccc(CNCCCNCc2ccc(F)cc2)cc1. The number of rotatable bonds is 8. The fourth-order valence-corrected chi connectivity index (χ4v) is 2.01. The van der Waals surface area contributed by atoms with Gasteiger partial charge in [-0.05, 0) is 54.9 Å². The van der Waals surface area contributed by atoms with Crippen LogP contribution in [0.1, 0.15) is 17.5 Å². The first-order chi connectivity index (χ1) is 10.2. The van der Waals surface area contributed by atoms with Crippen molar-refractivity contribution >= 4 is 0 Å². The van der Waals surface area contributed by atoms with Gasteiger partial charge in [-0.2, -0.15) is 0 Å². The molecule has 2 rings (SSSR count). The van der Waals surface area contributed by atoms with E-state index < -0.39 is 0 Å². The summed E-state index contributed by atoms with van der Waals surface area (Å²) in [5.41, 5.74) is 2.16. The largest absolute Gasteiger partial charge is 0.313 e. The van der Waals surface area contributed by atoms with Crippen molar-refractivity contribution in [1.82, 2.24) is 10.6 Å². The Morgan fingerprint density at radius 1 is 0.619 bits per heavy atom. The fraction of sp³-hybridized carbons (Fsp3) is 0.294. The van der Waals surface area contributed by atoms with Gasteiger partial charge in [0, 0.05) is 13.1 Å². The van der Waals surface area contributed by atoms with E-state index >= 15 is 0 Å². The lowest BCUT2D eigenvalue weighted by molar-refractivity contribution is 0.592. The first-order valence-electron chi connectivity index (χ1n) is 7.14. The molecule has 2 aromatic carbocycles. The van der Waals surface area contributed by atoms with Crippen molar-refractivity contribution in [2.24, 2.45) is 0 Å². The van der Waals surface area contributed by atoms with Crippen LogP contribution in [0.5, 0.6) is 0 Å². The second-order valence-corrected chi connectivity index (χ2v) is 4.96. The van der Waals surface area contributed by atoms with Crippen LogP contribution in [0.3, 0.4) is 0 Å². The van der Waals surface area contributed by atoms with Crippen molar-refractivity contribution in [3.63, 3.8) is 0 Å². The lowest BCUT2D eigenvalue weighted by atomic mass is 10.2. The zero-order valence-corrected chi connectivity index (χ0v) is 11.9. The molecule has 0 radical (unpaired) electrons. The molecule has 0 unspecified atom stereocenters. The molecule has 0 spiro atoms. The first-order valence-corrected chi connectivity index (χ1v) is 7.14. The van der Waals surface area contributed by atoms with Gasteiger partial charge < -0.3 is 10.6 Å². The Labute approximate surface area is 124 Å². The summed E-state index contributed by atoms with van der Waals surface area (Å²) in [6, 6.07) is 13.0. The summed E-state index contributed by atoms with van der Waals surface area (Å²) in [7, 11) is 0. The second kappa shape index (κ2) is 8.49. The molecule has 0 aliphatic carbocycles. The third-order valence-electron chi connectivity index (χ3n) is 3.19. The molecule has 0 saturated heterocycles. The summed E-state index contributed by atoms with van der Waals surface area (Å²) in [5, 5.41) is 6.63. The minimum absolute atomic E-state index is 0.205. The standard InChI is InChI=1S/C17H20F2N2/c18-16-6-2-14(3-7-16)12-20-10-1-11-21-13-15-4-8-17(19)9-5-15/h2-9,20-21H,1,10-13H2. The molecular formula is C17H20F2N2. The maximum atomic E-state index is 12.7. The highest BCUT2D eigenvalue weighted by atomic mass is 19.1. The van der Waals surface area contributed by atoms with Crippen molar-refractivity contribution in [2.75, 3.05) is 13.1 Å². The van der Waals surface area contributed by atoms with Crippen LogP contribution in [0, 0.1) is 11.6 Å². The van der Waals surface area contributed by atoms with E-state index in [1.807, 2.05) is 0 Å². The Kier molecular flexibility index (Phi) is 6.31. The van der Waals surface area contributed by atoms with Crippen LogP contribution < -0.4 is 10.6 Å². The second-order valence-electron chi connectivity index (χ2n) is 4.96. The van der Waals surface area contributed by atoms with Gasteiger partial charge in [-0.1, -0.05) is 24.3 Å². The molecule has 0 heterocycles. The average molecular weight is 290 g/mol. The molecule has 112 valence electrons. The highest BCUT2D eigenvalue weighted by Gasteiger charge is 1.95. The summed E-state index contributed by atoms with van der Waals surface area (Å²) in [5.74, 6) is -0.410. The predicted molar refractivity (Wildman–Crippen MR) is 80.8 cm³/mol. The molecule has 0 saturated carbocycles. The summed E-state index contributed by atoms with van der Waals surface area (Å²) in [4.78, 5) is 0. The van der Waals surface area contributed by atoms with Gasteiger partial charge >= 0.3 is 0 Å². The zero-order valence-electron chi connectivity index (χ0n) is 11.9. The molecular weight excluding hydrogens is 270 g/mol. The lowest BCUT2D eigenvalue weighted by Gasteiger charge is -2.07. The van der Waals surface area contributed by atoms with E-state index in [4.69, 9.17) is 0 Å². The summed E-state index contributed by atoms with van der Waals surface area (Å²) >= 11 is 0.